The Kier molecular flexibility index (Phi) is 3.72. The molecule has 0 fully saturated rings. The molecule has 1 heterocycles. The van der Waals surface area contributed by atoms with E-state index in [1.54, 1.807) is 23.9 Å². The first-order valence-corrected chi connectivity index (χ1v) is 6.57. The van der Waals surface area contributed by atoms with Gasteiger partial charge in [0, 0.05) is 18.5 Å². The van der Waals surface area contributed by atoms with E-state index in [2.05, 4.69) is 23.9 Å². The van der Waals surface area contributed by atoms with Crippen molar-refractivity contribution in [3.63, 3.8) is 0 Å². The van der Waals surface area contributed by atoms with Crippen molar-refractivity contribution in [3.8, 4) is 0 Å². The summed E-state index contributed by atoms with van der Waals surface area (Å²) in [5.41, 5.74) is 0.594. The molecule has 0 aliphatic heterocycles. The zero-order valence-corrected chi connectivity index (χ0v) is 11.4. The van der Waals surface area contributed by atoms with Gasteiger partial charge < -0.3 is 0 Å². The summed E-state index contributed by atoms with van der Waals surface area (Å²) in [6.45, 7) is 4.14. The molecule has 1 amide bonds. The fourth-order valence-electron chi connectivity index (χ4n) is 1.43. The molecule has 0 unspecified atom stereocenters. The maximum Gasteiger partial charge on any atom is 0.279 e. The van der Waals surface area contributed by atoms with E-state index in [-0.39, 0.29) is 5.91 Å². The van der Waals surface area contributed by atoms with Crippen LogP contribution in [0.1, 0.15) is 35.1 Å². The second kappa shape index (κ2) is 5.27. The van der Waals surface area contributed by atoms with Gasteiger partial charge in [0.1, 0.15) is 5.01 Å². The van der Waals surface area contributed by atoms with E-state index in [4.69, 9.17) is 0 Å². The zero-order chi connectivity index (χ0) is 13.1. The first kappa shape index (κ1) is 12.7. The smallest absolute Gasteiger partial charge is 0.267 e. The van der Waals surface area contributed by atoms with E-state index in [9.17, 15) is 4.79 Å². The molecule has 0 atom stereocenters. The lowest BCUT2D eigenvalue weighted by Gasteiger charge is -1.93. The minimum absolute atomic E-state index is 0.231. The molecule has 1 aromatic carbocycles. The SMILES string of the molecule is CC(C)c1nn(C)c(=NC(=O)c2ccccc2)s1. The Morgan fingerprint density at radius 1 is 1.33 bits per heavy atom. The van der Waals surface area contributed by atoms with Gasteiger partial charge in [0.05, 0.1) is 0 Å². The Balaban J connectivity index is 2.37. The number of aryl methyl sites for hydroxylation is 1. The topological polar surface area (TPSA) is 47.2 Å². The molecule has 0 saturated heterocycles. The molecule has 1 aromatic heterocycles. The Labute approximate surface area is 110 Å². The standard InChI is InChI=1S/C13H15N3OS/c1-9(2)12-15-16(3)13(18-12)14-11(17)10-7-5-4-6-8-10/h4-9H,1-3H3. The summed E-state index contributed by atoms with van der Waals surface area (Å²) in [4.78, 5) is 16.7. The molecule has 4 nitrogen and oxygen atoms in total. The lowest BCUT2D eigenvalue weighted by atomic mass is 10.2. The van der Waals surface area contributed by atoms with E-state index < -0.39 is 0 Å². The Morgan fingerprint density at radius 3 is 2.56 bits per heavy atom. The summed E-state index contributed by atoms with van der Waals surface area (Å²) in [5.74, 6) is 0.113. The Bertz CT molecular complexity index is 611. The minimum atomic E-state index is -0.231. The summed E-state index contributed by atoms with van der Waals surface area (Å²) >= 11 is 1.45. The number of rotatable bonds is 2. The predicted octanol–water partition coefficient (Wildman–Crippen LogP) is 2.35. The van der Waals surface area contributed by atoms with Gasteiger partial charge in [-0.15, -0.1) is 0 Å². The van der Waals surface area contributed by atoms with Crippen LogP contribution < -0.4 is 4.80 Å². The predicted molar refractivity (Wildman–Crippen MR) is 71.5 cm³/mol. The third-order valence-corrected chi connectivity index (χ3v) is 3.73. The van der Waals surface area contributed by atoms with Crippen LogP contribution in [-0.2, 0) is 7.05 Å². The van der Waals surface area contributed by atoms with E-state index in [0.29, 0.717) is 16.3 Å². The van der Waals surface area contributed by atoms with Crippen LogP contribution in [0.25, 0.3) is 0 Å². The lowest BCUT2D eigenvalue weighted by molar-refractivity contribution is 0.0997. The zero-order valence-electron chi connectivity index (χ0n) is 10.6. The summed E-state index contributed by atoms with van der Waals surface area (Å²) < 4.78 is 1.65. The largest absolute Gasteiger partial charge is 0.279 e. The van der Waals surface area contributed by atoms with Crippen LogP contribution in [0.2, 0.25) is 0 Å². The van der Waals surface area contributed by atoms with Crippen LogP contribution in [-0.4, -0.2) is 15.7 Å². The van der Waals surface area contributed by atoms with E-state index >= 15 is 0 Å². The van der Waals surface area contributed by atoms with Crippen LogP contribution in [0.4, 0.5) is 0 Å². The summed E-state index contributed by atoms with van der Waals surface area (Å²) in [5, 5.41) is 5.33. The van der Waals surface area contributed by atoms with Crippen molar-refractivity contribution in [1.29, 1.82) is 0 Å². The second-order valence-electron chi connectivity index (χ2n) is 4.28. The molecule has 2 aromatic rings. The summed E-state index contributed by atoms with van der Waals surface area (Å²) in [6, 6.07) is 9.05. The molecule has 0 bridgehead atoms. The van der Waals surface area contributed by atoms with Crippen molar-refractivity contribution in [2.45, 2.75) is 19.8 Å². The molecule has 0 radical (unpaired) electrons. The Hall–Kier alpha value is -1.75. The highest BCUT2D eigenvalue weighted by atomic mass is 32.1. The van der Waals surface area contributed by atoms with Crippen LogP contribution in [0.15, 0.2) is 35.3 Å². The van der Waals surface area contributed by atoms with E-state index in [1.165, 1.54) is 11.3 Å². The molecule has 5 heteroatoms. The first-order chi connectivity index (χ1) is 8.58. The van der Waals surface area contributed by atoms with Gasteiger partial charge in [0.15, 0.2) is 0 Å². The lowest BCUT2D eigenvalue weighted by Crippen LogP contribution is -2.14. The van der Waals surface area contributed by atoms with Gasteiger partial charge in [0.2, 0.25) is 4.80 Å². The molecule has 18 heavy (non-hydrogen) atoms. The van der Waals surface area contributed by atoms with Crippen LogP contribution in [0.3, 0.4) is 0 Å². The minimum Gasteiger partial charge on any atom is -0.267 e. The van der Waals surface area contributed by atoms with Gasteiger partial charge in [-0.3, -0.25) is 4.79 Å². The second-order valence-corrected chi connectivity index (χ2v) is 5.27. The molecule has 0 aliphatic carbocycles. The van der Waals surface area contributed by atoms with Crippen LogP contribution >= 0.6 is 11.3 Å². The summed E-state index contributed by atoms with van der Waals surface area (Å²) in [6.07, 6.45) is 0. The summed E-state index contributed by atoms with van der Waals surface area (Å²) in [7, 11) is 1.81. The highest BCUT2D eigenvalue weighted by Gasteiger charge is 2.08. The molecule has 94 valence electrons. The van der Waals surface area contributed by atoms with E-state index in [1.807, 2.05) is 18.2 Å². The number of carbonyl (C=O) groups excluding carboxylic acids is 1. The number of carbonyl (C=O) groups is 1. The molecule has 0 aliphatic rings. The fraction of sp³-hybridized carbons (Fsp3) is 0.308. The molecular weight excluding hydrogens is 246 g/mol. The third-order valence-electron chi connectivity index (χ3n) is 2.43. The molecule has 0 N–H and O–H groups in total. The molecule has 0 saturated carbocycles. The van der Waals surface area contributed by atoms with Gasteiger partial charge in [-0.2, -0.15) is 10.1 Å². The average Bonchev–Trinajstić information content (AvgIpc) is 2.72. The van der Waals surface area contributed by atoms with Gasteiger partial charge in [-0.25, -0.2) is 4.68 Å². The van der Waals surface area contributed by atoms with Crippen LogP contribution in [0.5, 0.6) is 0 Å². The van der Waals surface area contributed by atoms with Crippen molar-refractivity contribution in [1.82, 2.24) is 9.78 Å². The molecule has 0 spiro atoms. The van der Waals surface area contributed by atoms with Crippen molar-refractivity contribution in [3.05, 3.63) is 45.7 Å². The van der Waals surface area contributed by atoms with Gasteiger partial charge in [0.25, 0.3) is 5.91 Å². The van der Waals surface area contributed by atoms with Crippen LogP contribution in [0, 0.1) is 0 Å². The fourth-order valence-corrected chi connectivity index (χ4v) is 2.32. The Morgan fingerprint density at radius 2 is 2.00 bits per heavy atom. The molecular formula is C13H15N3OS. The normalized spacial score (nSPS) is 12.1. The highest BCUT2D eigenvalue weighted by molar-refractivity contribution is 7.08. The number of benzene rings is 1. The highest BCUT2D eigenvalue weighted by Crippen LogP contribution is 2.12. The van der Waals surface area contributed by atoms with Gasteiger partial charge in [-0.1, -0.05) is 43.4 Å². The third kappa shape index (κ3) is 2.73. The van der Waals surface area contributed by atoms with Crippen molar-refractivity contribution >= 4 is 17.2 Å². The quantitative estimate of drug-likeness (QED) is 0.833. The monoisotopic (exact) mass is 261 g/mol. The molecule has 2 rings (SSSR count). The average molecular weight is 261 g/mol. The number of aromatic nitrogens is 2. The first-order valence-electron chi connectivity index (χ1n) is 5.76. The van der Waals surface area contributed by atoms with Crippen molar-refractivity contribution in [2.24, 2.45) is 12.0 Å². The van der Waals surface area contributed by atoms with Crippen molar-refractivity contribution in [2.75, 3.05) is 0 Å². The maximum absolute atomic E-state index is 11.9. The number of hydrogen-bond donors (Lipinski definition) is 0. The number of hydrogen-bond acceptors (Lipinski definition) is 3. The van der Waals surface area contributed by atoms with E-state index in [0.717, 1.165) is 5.01 Å². The van der Waals surface area contributed by atoms with Gasteiger partial charge in [-0.05, 0) is 12.1 Å². The maximum atomic E-state index is 11.9. The van der Waals surface area contributed by atoms with Gasteiger partial charge >= 0.3 is 0 Å². The number of nitrogens with zero attached hydrogens (tertiary/aromatic N) is 3. The van der Waals surface area contributed by atoms with Crippen molar-refractivity contribution < 1.29 is 4.79 Å². The number of amides is 1.